The lowest BCUT2D eigenvalue weighted by Gasteiger charge is -2.26. The summed E-state index contributed by atoms with van der Waals surface area (Å²) in [5, 5.41) is 23.9. The van der Waals surface area contributed by atoms with Gasteiger partial charge in [0.1, 0.15) is 36.3 Å². The van der Waals surface area contributed by atoms with Gasteiger partial charge in [-0.2, -0.15) is 0 Å². The second-order valence-electron chi connectivity index (χ2n) is 21.3. The summed E-state index contributed by atoms with van der Waals surface area (Å²) in [6, 6.07) is 21.0. The van der Waals surface area contributed by atoms with Crippen molar-refractivity contribution < 1.29 is 43.2 Å². The first-order chi connectivity index (χ1) is 41.3. The minimum absolute atomic E-state index is 0.00293. The zero-order chi connectivity index (χ0) is 62.1. The third kappa shape index (κ3) is 20.6. The van der Waals surface area contributed by atoms with E-state index in [-0.39, 0.29) is 63.4 Å². The summed E-state index contributed by atoms with van der Waals surface area (Å²) in [7, 11) is 0. The van der Waals surface area contributed by atoms with Crippen molar-refractivity contribution in [3.63, 3.8) is 0 Å². The Morgan fingerprint density at radius 2 is 1.15 bits per heavy atom. The molecule has 0 aliphatic heterocycles. The summed E-state index contributed by atoms with van der Waals surface area (Å²) >= 11 is 0. The highest BCUT2D eigenvalue weighted by Gasteiger charge is 2.33. The molecular weight excluding hydrogens is 1100 g/mol. The minimum atomic E-state index is -1.36. The third-order valence-corrected chi connectivity index (χ3v) is 14.2. The predicted octanol–water partition coefficient (Wildman–Crippen LogP) is -0.893. The van der Waals surface area contributed by atoms with Crippen LogP contribution in [0.25, 0.3) is 21.7 Å². The van der Waals surface area contributed by atoms with E-state index in [0.29, 0.717) is 41.8 Å². The van der Waals surface area contributed by atoms with Crippen LogP contribution in [0.15, 0.2) is 121 Å². The highest BCUT2D eigenvalue weighted by atomic mass is 16.2. The molecule has 26 nitrogen and oxygen atoms in total. The molecule has 0 aliphatic carbocycles. The zero-order valence-corrected chi connectivity index (χ0v) is 48.2. The maximum Gasteiger partial charge on any atom is 0.243 e. The number of rotatable bonds is 34. The van der Waals surface area contributed by atoms with Crippen molar-refractivity contribution in [1.29, 1.82) is 0 Å². The average Bonchev–Trinajstić information content (AvgIpc) is 2.51. The topological polar surface area (TPSA) is 437 Å². The number of aromatic amines is 2. The minimum Gasteiger partial charge on any atom is -0.370 e. The van der Waals surface area contributed by atoms with Crippen LogP contribution < -0.4 is 71.2 Å². The smallest absolute Gasteiger partial charge is 0.243 e. The van der Waals surface area contributed by atoms with Crippen molar-refractivity contribution in [3.8, 4) is 0 Å². The van der Waals surface area contributed by atoms with Crippen molar-refractivity contribution in [2.45, 2.75) is 114 Å². The number of amides is 9. The van der Waals surface area contributed by atoms with Crippen LogP contribution >= 0.6 is 0 Å². The van der Waals surface area contributed by atoms with Crippen molar-refractivity contribution in [3.05, 3.63) is 138 Å². The number of fused-ring (bicyclic) bond motifs is 2. The largest absolute Gasteiger partial charge is 0.370 e. The van der Waals surface area contributed by atoms with Crippen LogP contribution in [0.5, 0.6) is 0 Å². The van der Waals surface area contributed by atoms with Crippen LogP contribution in [-0.4, -0.2) is 143 Å². The van der Waals surface area contributed by atoms with E-state index in [4.69, 9.17) is 28.7 Å². The fourth-order valence-corrected chi connectivity index (χ4v) is 9.55. The zero-order valence-electron chi connectivity index (χ0n) is 48.2. The fourth-order valence-electron chi connectivity index (χ4n) is 9.55. The average molecular weight is 1180 g/mol. The lowest BCUT2D eigenvalue weighted by atomic mass is 9.99. The van der Waals surface area contributed by atoms with E-state index in [2.05, 4.69) is 62.5 Å². The number of aromatic nitrogens is 3. The number of hydrogen-bond acceptors (Lipinski definition) is 13. The second-order valence-corrected chi connectivity index (χ2v) is 21.3. The summed E-state index contributed by atoms with van der Waals surface area (Å²) in [6.45, 7) is 2.50. The third-order valence-electron chi connectivity index (χ3n) is 14.2. The Morgan fingerprint density at radius 1 is 0.558 bits per heavy atom. The normalized spacial score (nSPS) is 13.6. The molecule has 0 fully saturated rings. The number of hydrogen-bond donors (Lipinski definition) is 15. The Morgan fingerprint density at radius 3 is 1.83 bits per heavy atom. The van der Waals surface area contributed by atoms with Crippen molar-refractivity contribution >= 4 is 80.8 Å². The van der Waals surface area contributed by atoms with E-state index < -0.39 is 109 Å². The molecule has 0 bridgehead atoms. The van der Waals surface area contributed by atoms with Crippen LogP contribution in [0.4, 0.5) is 0 Å². The number of para-hydroxylation sites is 1. The standard InChI is InChI=1S/C60H79N17O9/c1-35(2)52(53(63)80)77-59(86)47(26-36-13-4-3-5-14-36)75-56(83)45(19-10-11-23-61)72-51(79)33-69-50(78)32-70-55(82)49(28-40-30-68-44-18-9-8-17-42(40)44)76-57(84)46(20-12-24-67-60(64)65)73-58(85)48(74-54(81)43(62)29-41-31-66-34-71-41)27-37-21-22-38-15-6-7-16-39(38)25-37/h3-9,13-18,21-22,25,30-31,34-35,43,45-49,52,68H,10-12,19-20,23-24,26-29,32-33,61-62H2,1-2H3,(H2,63,80)(H,66,71)(H,69,78)(H,70,82)(H,72,79)(H,73,85)(H,74,81)(H,75,83)(H,76,84)(H,77,86)(H4,64,65,67)/t43-,45-,46-,47-,48-,49-,52-/m0/s1. The number of carbonyl (C=O) groups is 9. The molecule has 0 aliphatic rings. The molecule has 0 spiro atoms. The van der Waals surface area contributed by atoms with Crippen LogP contribution in [-0.2, 0) is 68.8 Å². The molecule has 9 amide bonds. The first-order valence-electron chi connectivity index (χ1n) is 28.5. The highest BCUT2D eigenvalue weighted by molar-refractivity contribution is 5.98. The molecule has 26 heteroatoms. The van der Waals surface area contributed by atoms with Gasteiger partial charge < -0.3 is 81.2 Å². The number of aliphatic imine (C=N–C) groups is 1. The maximum absolute atomic E-state index is 14.6. The van der Waals surface area contributed by atoms with E-state index >= 15 is 0 Å². The van der Waals surface area contributed by atoms with Crippen molar-refractivity contribution in [1.82, 2.24) is 57.5 Å². The van der Waals surface area contributed by atoms with Gasteiger partial charge in [-0.05, 0) is 78.1 Å². The molecular formula is C60H79N17O9. The number of nitrogens with two attached hydrogens (primary N) is 5. The van der Waals surface area contributed by atoms with Gasteiger partial charge in [0.25, 0.3) is 0 Å². The monoisotopic (exact) mass is 1180 g/mol. The van der Waals surface area contributed by atoms with Crippen LogP contribution in [0, 0.1) is 5.92 Å². The molecule has 0 saturated carbocycles. The van der Waals surface area contributed by atoms with Gasteiger partial charge in [0.2, 0.25) is 53.2 Å². The molecule has 4 aromatic carbocycles. The Balaban J connectivity index is 1.16. The van der Waals surface area contributed by atoms with Gasteiger partial charge in [0, 0.05) is 61.2 Å². The Hall–Kier alpha value is -9.69. The van der Waals surface area contributed by atoms with Crippen molar-refractivity contribution in [2.24, 2.45) is 39.6 Å². The molecule has 0 radical (unpaired) electrons. The second kappa shape index (κ2) is 33.0. The number of primary amides is 1. The molecule has 7 atom stereocenters. The number of unbranched alkanes of at least 4 members (excludes halogenated alkanes) is 1. The van der Waals surface area contributed by atoms with E-state index in [0.717, 1.165) is 21.7 Å². The molecule has 6 rings (SSSR count). The van der Waals surface area contributed by atoms with Crippen LogP contribution in [0.3, 0.4) is 0 Å². The van der Waals surface area contributed by atoms with Gasteiger partial charge in [0.15, 0.2) is 5.96 Å². The van der Waals surface area contributed by atoms with E-state index in [1.807, 2.05) is 60.7 Å². The maximum atomic E-state index is 14.6. The van der Waals surface area contributed by atoms with Gasteiger partial charge in [-0.3, -0.25) is 48.1 Å². The Bertz CT molecular complexity index is 3290. The lowest BCUT2D eigenvalue weighted by Crippen LogP contribution is -2.59. The van der Waals surface area contributed by atoms with Crippen LogP contribution in [0.1, 0.15) is 68.3 Å². The number of guanidine groups is 1. The summed E-state index contributed by atoms with van der Waals surface area (Å²) in [4.78, 5) is 138. The molecule has 458 valence electrons. The predicted molar refractivity (Wildman–Crippen MR) is 325 cm³/mol. The number of imidazole rings is 1. The molecule has 2 aromatic heterocycles. The first kappa shape index (κ1) is 65.5. The molecule has 0 saturated heterocycles. The number of carbonyl (C=O) groups excluding carboxylic acids is 9. The SMILES string of the molecule is CC(C)[C@H](NC(=O)[C@H](Cc1ccccc1)NC(=O)[C@H](CCCCN)NC(=O)CNC(=O)CNC(=O)[C@H](Cc1c[nH]c2ccccc12)NC(=O)[C@H](CCCN=C(N)N)NC(=O)[C@H](Cc1ccc2ccccc2c1)NC(=O)[C@@H](N)Cc1cnc[nH]1)C(N)=O. The summed E-state index contributed by atoms with van der Waals surface area (Å²) < 4.78 is 0. The van der Waals surface area contributed by atoms with Gasteiger partial charge in [0.05, 0.1) is 25.5 Å². The number of benzene rings is 4. The Labute approximate surface area is 497 Å². The molecule has 86 heavy (non-hydrogen) atoms. The van der Waals surface area contributed by atoms with Gasteiger partial charge in [-0.15, -0.1) is 0 Å². The summed E-state index contributed by atoms with van der Waals surface area (Å²) in [6.07, 6.45) is 5.87. The molecule has 2 heterocycles. The number of H-pyrrole nitrogens is 2. The summed E-state index contributed by atoms with van der Waals surface area (Å²) in [5.41, 5.74) is 32.2. The Kier molecular flexibility index (Phi) is 25.1. The number of nitrogens with one attached hydrogen (secondary N) is 10. The van der Waals surface area contributed by atoms with Gasteiger partial charge in [-0.25, -0.2) is 4.98 Å². The number of nitrogens with zero attached hydrogens (tertiary/aromatic N) is 2. The molecule has 6 aromatic rings. The lowest BCUT2D eigenvalue weighted by molar-refractivity contribution is -0.134. The van der Waals surface area contributed by atoms with E-state index in [1.54, 1.807) is 56.4 Å². The van der Waals surface area contributed by atoms with Crippen molar-refractivity contribution in [2.75, 3.05) is 26.2 Å². The van der Waals surface area contributed by atoms with Gasteiger partial charge >= 0.3 is 0 Å². The van der Waals surface area contributed by atoms with E-state index in [9.17, 15) is 43.2 Å². The highest BCUT2D eigenvalue weighted by Crippen LogP contribution is 2.21. The summed E-state index contributed by atoms with van der Waals surface area (Å²) in [5.74, 6) is -7.24. The quantitative estimate of drug-likeness (QED) is 0.0132. The van der Waals surface area contributed by atoms with E-state index in [1.165, 1.54) is 12.5 Å². The van der Waals surface area contributed by atoms with Crippen LogP contribution in [0.2, 0.25) is 0 Å². The fraction of sp³-hybridized carbons (Fsp3) is 0.383. The molecule has 20 N–H and O–H groups in total. The molecule has 0 unspecified atom stereocenters. The first-order valence-corrected chi connectivity index (χ1v) is 28.5. The van der Waals surface area contributed by atoms with Gasteiger partial charge in [-0.1, -0.05) is 105 Å².